The van der Waals surface area contributed by atoms with Gasteiger partial charge in [-0.25, -0.2) is 4.79 Å². The van der Waals surface area contributed by atoms with E-state index in [1.54, 1.807) is 12.2 Å². The molecule has 0 bridgehead atoms. The van der Waals surface area contributed by atoms with Crippen molar-refractivity contribution in [1.29, 1.82) is 0 Å². The van der Waals surface area contributed by atoms with E-state index in [4.69, 9.17) is 14.2 Å². The topological polar surface area (TPSA) is 105 Å². The van der Waals surface area contributed by atoms with E-state index in [1.165, 1.54) is 6.92 Å². The molecule has 0 saturated carbocycles. The van der Waals surface area contributed by atoms with Crippen LogP contribution in [0.25, 0.3) is 0 Å². The van der Waals surface area contributed by atoms with Gasteiger partial charge in [-0.15, -0.1) is 0 Å². The summed E-state index contributed by atoms with van der Waals surface area (Å²) in [6, 6.07) is 0. The Morgan fingerprint density at radius 2 is 2.21 bits per heavy atom. The molecule has 7 nitrogen and oxygen atoms in total. The van der Waals surface area contributed by atoms with Crippen LogP contribution < -0.4 is 5.11 Å². The Hall–Kier alpha value is -2.15. The summed E-state index contributed by atoms with van der Waals surface area (Å²) in [6.45, 7) is 5.33. The van der Waals surface area contributed by atoms with Gasteiger partial charge < -0.3 is 24.1 Å². The molecule has 0 N–H and O–H groups in total. The van der Waals surface area contributed by atoms with Crippen molar-refractivity contribution in [1.82, 2.24) is 0 Å². The quantitative estimate of drug-likeness (QED) is 0.268. The summed E-state index contributed by atoms with van der Waals surface area (Å²) in [7, 11) is 0. The molecule has 0 aromatic rings. The minimum atomic E-state index is -1.28. The maximum Gasteiger partial charge on any atom is 0.330 e. The molecule has 24 heavy (non-hydrogen) atoms. The van der Waals surface area contributed by atoms with Crippen molar-refractivity contribution in [3.05, 3.63) is 24.8 Å². The summed E-state index contributed by atoms with van der Waals surface area (Å²) in [6.07, 6.45) is 4.72. The Morgan fingerprint density at radius 1 is 1.50 bits per heavy atom. The van der Waals surface area contributed by atoms with Crippen LogP contribution in [0.15, 0.2) is 24.8 Å². The first kappa shape index (κ1) is 18.2. The number of hydrogen-bond donors (Lipinski definition) is 0. The van der Waals surface area contributed by atoms with E-state index >= 15 is 0 Å². The number of aliphatic carboxylic acids is 1. The van der Waals surface area contributed by atoms with Crippen LogP contribution in [0.4, 0.5) is 0 Å². The molecule has 132 valence electrons. The van der Waals surface area contributed by atoms with Crippen molar-refractivity contribution < 1.29 is 33.7 Å². The second kappa shape index (κ2) is 7.61. The smallest absolute Gasteiger partial charge is 0.330 e. The predicted molar refractivity (Wildman–Crippen MR) is 80.4 cm³/mol. The molecule has 0 radical (unpaired) electrons. The van der Waals surface area contributed by atoms with Crippen molar-refractivity contribution in [2.75, 3.05) is 13.2 Å². The zero-order valence-electron chi connectivity index (χ0n) is 13.6. The molecule has 2 aliphatic rings. The fourth-order valence-corrected chi connectivity index (χ4v) is 2.77. The lowest BCUT2D eigenvalue weighted by Gasteiger charge is -2.37. The van der Waals surface area contributed by atoms with Crippen LogP contribution in [-0.4, -0.2) is 43.3 Å². The van der Waals surface area contributed by atoms with Gasteiger partial charge in [0, 0.05) is 24.4 Å². The molecule has 4 unspecified atom stereocenters. The minimum Gasteiger partial charge on any atom is -0.550 e. The van der Waals surface area contributed by atoms with Gasteiger partial charge in [-0.05, 0) is 19.8 Å². The molecular formula is C17H21O7-. The number of esters is 2. The molecule has 0 aromatic carbocycles. The van der Waals surface area contributed by atoms with Crippen molar-refractivity contribution in [3.63, 3.8) is 0 Å². The average Bonchev–Trinajstić information content (AvgIpc) is 3.38. The Bertz CT molecular complexity index is 549. The Kier molecular flexibility index (Phi) is 5.77. The highest BCUT2D eigenvalue weighted by atomic mass is 16.6. The van der Waals surface area contributed by atoms with Gasteiger partial charge in [0.05, 0.1) is 18.6 Å². The van der Waals surface area contributed by atoms with E-state index in [9.17, 15) is 19.5 Å². The van der Waals surface area contributed by atoms with Crippen molar-refractivity contribution in [2.45, 2.75) is 38.4 Å². The monoisotopic (exact) mass is 337 g/mol. The SMILES string of the molecule is C=CC(=O)OCCC(OC(=O)C1(C)C=CCCC1C(=O)[O-])C1CO1. The number of hydrogen-bond acceptors (Lipinski definition) is 7. The molecule has 1 heterocycles. The molecule has 7 heteroatoms. The zero-order valence-corrected chi connectivity index (χ0v) is 13.6. The molecule has 0 aromatic heterocycles. The first-order valence-electron chi connectivity index (χ1n) is 7.89. The lowest BCUT2D eigenvalue weighted by atomic mass is 9.71. The number of carboxylic acid groups (broad SMARTS) is 1. The fourth-order valence-electron chi connectivity index (χ4n) is 2.77. The minimum absolute atomic E-state index is 0.0547. The van der Waals surface area contributed by atoms with Crippen LogP contribution in [0.2, 0.25) is 0 Å². The van der Waals surface area contributed by atoms with Crippen LogP contribution in [0, 0.1) is 11.3 Å². The maximum absolute atomic E-state index is 12.6. The fraction of sp³-hybridized carbons (Fsp3) is 0.588. The summed E-state index contributed by atoms with van der Waals surface area (Å²) in [4.78, 5) is 35.0. The number of rotatable bonds is 8. The van der Waals surface area contributed by atoms with E-state index in [0.717, 1.165) is 6.08 Å². The first-order chi connectivity index (χ1) is 11.4. The highest BCUT2D eigenvalue weighted by Crippen LogP contribution is 2.38. The predicted octanol–water partition coefficient (Wildman–Crippen LogP) is 0.139. The van der Waals surface area contributed by atoms with E-state index in [2.05, 4.69) is 6.58 Å². The summed E-state index contributed by atoms with van der Waals surface area (Å²) in [5.74, 6) is -3.40. The molecule has 1 aliphatic heterocycles. The van der Waals surface area contributed by atoms with Crippen LogP contribution in [0.5, 0.6) is 0 Å². The number of epoxide rings is 1. The Labute approximate surface area is 140 Å². The molecule has 4 atom stereocenters. The number of carboxylic acids is 1. The van der Waals surface area contributed by atoms with Gasteiger partial charge in [0.2, 0.25) is 0 Å². The lowest BCUT2D eigenvalue weighted by molar-refractivity contribution is -0.315. The van der Waals surface area contributed by atoms with Crippen LogP contribution in [-0.2, 0) is 28.6 Å². The molecule has 1 saturated heterocycles. The van der Waals surface area contributed by atoms with Gasteiger partial charge in [-0.3, -0.25) is 4.79 Å². The lowest BCUT2D eigenvalue weighted by Crippen LogP contribution is -2.48. The largest absolute Gasteiger partial charge is 0.550 e. The number of allylic oxidation sites excluding steroid dienone is 1. The van der Waals surface area contributed by atoms with E-state index in [-0.39, 0.29) is 19.1 Å². The van der Waals surface area contributed by atoms with Crippen molar-refractivity contribution in [2.24, 2.45) is 11.3 Å². The van der Waals surface area contributed by atoms with Crippen molar-refractivity contribution in [3.8, 4) is 0 Å². The number of carbonyl (C=O) groups excluding carboxylic acids is 3. The van der Waals surface area contributed by atoms with E-state index in [0.29, 0.717) is 19.4 Å². The standard InChI is InChI=1S/C17H22O7/c1-3-14(18)22-9-7-12(13-10-23-13)24-16(21)17(2)8-5-4-6-11(17)15(19)20/h3,5,8,11-13H,1,4,6-7,9-10H2,2H3,(H,19,20)/p-1. The van der Waals surface area contributed by atoms with Gasteiger partial charge in [0.1, 0.15) is 12.2 Å². The van der Waals surface area contributed by atoms with Crippen LogP contribution >= 0.6 is 0 Å². The van der Waals surface area contributed by atoms with Gasteiger partial charge in [-0.2, -0.15) is 0 Å². The van der Waals surface area contributed by atoms with Crippen LogP contribution in [0.3, 0.4) is 0 Å². The number of ether oxygens (including phenoxy) is 3. The average molecular weight is 337 g/mol. The summed E-state index contributed by atoms with van der Waals surface area (Å²) >= 11 is 0. The Balaban J connectivity index is 2.00. The molecule has 0 spiro atoms. The molecule has 1 aliphatic carbocycles. The van der Waals surface area contributed by atoms with E-state index in [1.807, 2.05) is 0 Å². The third-order valence-corrected chi connectivity index (χ3v) is 4.38. The van der Waals surface area contributed by atoms with Gasteiger partial charge >= 0.3 is 11.9 Å². The highest BCUT2D eigenvalue weighted by molar-refractivity contribution is 5.86. The van der Waals surface area contributed by atoms with Gasteiger partial charge in [0.25, 0.3) is 0 Å². The van der Waals surface area contributed by atoms with Crippen molar-refractivity contribution >= 4 is 17.9 Å². The second-order valence-electron chi connectivity index (χ2n) is 6.11. The zero-order chi connectivity index (χ0) is 17.7. The Morgan fingerprint density at radius 3 is 2.79 bits per heavy atom. The maximum atomic E-state index is 12.6. The van der Waals surface area contributed by atoms with E-state index < -0.39 is 35.3 Å². The third kappa shape index (κ3) is 4.23. The van der Waals surface area contributed by atoms with Gasteiger partial charge in [-0.1, -0.05) is 18.7 Å². The number of carbonyl (C=O) groups is 3. The van der Waals surface area contributed by atoms with Crippen LogP contribution in [0.1, 0.15) is 26.2 Å². The molecular weight excluding hydrogens is 316 g/mol. The molecule has 2 rings (SSSR count). The highest BCUT2D eigenvalue weighted by Gasteiger charge is 2.45. The second-order valence-corrected chi connectivity index (χ2v) is 6.11. The summed E-state index contributed by atoms with van der Waals surface area (Å²) in [5, 5.41) is 11.3. The molecule has 0 amide bonds. The summed E-state index contributed by atoms with van der Waals surface area (Å²) < 4.78 is 15.5. The normalized spacial score (nSPS) is 29.4. The summed E-state index contributed by atoms with van der Waals surface area (Å²) in [5.41, 5.74) is -1.28. The molecule has 1 fully saturated rings. The first-order valence-corrected chi connectivity index (χ1v) is 7.89. The van der Waals surface area contributed by atoms with Gasteiger partial charge in [0.15, 0.2) is 0 Å². The third-order valence-electron chi connectivity index (χ3n) is 4.38.